The Labute approximate surface area is 121 Å². The van der Waals surface area contributed by atoms with Gasteiger partial charge >= 0.3 is 0 Å². The smallest absolute Gasteiger partial charge is 0.119 e. The van der Waals surface area contributed by atoms with Gasteiger partial charge in [-0.1, -0.05) is 0 Å². The Balaban J connectivity index is 2.28. The molecule has 110 valence electrons. The summed E-state index contributed by atoms with van der Waals surface area (Å²) in [5.74, 6) is 0.666. The molecule has 0 saturated carbocycles. The van der Waals surface area contributed by atoms with Gasteiger partial charge in [-0.3, -0.25) is 0 Å². The maximum absolute atomic E-state index is 9.91. The van der Waals surface area contributed by atoms with Crippen LogP contribution in [0.4, 0.5) is 0 Å². The molecular formula is C15H23N3O2. The van der Waals surface area contributed by atoms with E-state index in [1.165, 1.54) is 0 Å². The predicted octanol–water partition coefficient (Wildman–Crippen LogP) is 0.791. The predicted molar refractivity (Wildman–Crippen MR) is 78.7 cm³/mol. The molecule has 0 spiro atoms. The number of likely N-dealkylation sites (N-methyl/N-ethyl adjacent to an activating group) is 2. The average Bonchev–Trinajstić information content (AvgIpc) is 2.43. The summed E-state index contributed by atoms with van der Waals surface area (Å²) < 4.78 is 5.50. The van der Waals surface area contributed by atoms with Gasteiger partial charge in [0.2, 0.25) is 0 Å². The summed E-state index contributed by atoms with van der Waals surface area (Å²) in [5.41, 5.74) is 0.598. The zero-order chi connectivity index (χ0) is 15.0. The van der Waals surface area contributed by atoms with Crippen LogP contribution in [-0.4, -0.2) is 68.4 Å². The Morgan fingerprint density at radius 3 is 2.40 bits per heavy atom. The first-order valence-corrected chi connectivity index (χ1v) is 6.65. The van der Waals surface area contributed by atoms with Crippen molar-refractivity contribution >= 4 is 0 Å². The summed E-state index contributed by atoms with van der Waals surface area (Å²) in [6.45, 7) is 2.68. The number of nitriles is 1. The third-order valence-electron chi connectivity index (χ3n) is 2.88. The van der Waals surface area contributed by atoms with Gasteiger partial charge in [-0.2, -0.15) is 5.26 Å². The first-order valence-electron chi connectivity index (χ1n) is 6.65. The van der Waals surface area contributed by atoms with Gasteiger partial charge in [0.1, 0.15) is 18.5 Å². The lowest BCUT2D eigenvalue weighted by Gasteiger charge is -2.22. The molecular weight excluding hydrogens is 254 g/mol. The molecule has 1 unspecified atom stereocenters. The van der Waals surface area contributed by atoms with Crippen LogP contribution in [0.2, 0.25) is 0 Å². The number of benzene rings is 1. The number of aliphatic hydroxyl groups excluding tert-OH is 1. The summed E-state index contributed by atoms with van der Waals surface area (Å²) in [6.07, 6.45) is -0.530. The molecule has 1 aromatic rings. The first kappa shape index (κ1) is 16.4. The van der Waals surface area contributed by atoms with Crippen LogP contribution in [0.15, 0.2) is 24.3 Å². The number of hydrogen-bond acceptors (Lipinski definition) is 5. The largest absolute Gasteiger partial charge is 0.491 e. The minimum atomic E-state index is -0.530. The van der Waals surface area contributed by atoms with Crippen LogP contribution in [0, 0.1) is 11.3 Å². The van der Waals surface area contributed by atoms with Crippen LogP contribution in [0.5, 0.6) is 5.75 Å². The molecule has 1 atom stereocenters. The van der Waals surface area contributed by atoms with Gasteiger partial charge in [0.15, 0.2) is 0 Å². The highest BCUT2D eigenvalue weighted by Gasteiger charge is 2.09. The molecule has 0 heterocycles. The Bertz CT molecular complexity index is 426. The van der Waals surface area contributed by atoms with E-state index >= 15 is 0 Å². The molecule has 1 rings (SSSR count). The highest BCUT2D eigenvalue weighted by Crippen LogP contribution is 2.11. The third kappa shape index (κ3) is 6.53. The second kappa shape index (κ2) is 8.54. The molecule has 20 heavy (non-hydrogen) atoms. The summed E-state index contributed by atoms with van der Waals surface area (Å²) in [6, 6.07) is 8.93. The zero-order valence-corrected chi connectivity index (χ0v) is 12.4. The van der Waals surface area contributed by atoms with Gasteiger partial charge in [-0.15, -0.1) is 0 Å². The minimum absolute atomic E-state index is 0.248. The van der Waals surface area contributed by atoms with Crippen molar-refractivity contribution in [1.82, 2.24) is 9.80 Å². The van der Waals surface area contributed by atoms with Crippen molar-refractivity contribution in [3.63, 3.8) is 0 Å². The lowest BCUT2D eigenvalue weighted by molar-refractivity contribution is 0.0746. The van der Waals surface area contributed by atoms with E-state index in [1.807, 2.05) is 21.1 Å². The number of nitrogens with zero attached hydrogens (tertiary/aromatic N) is 3. The van der Waals surface area contributed by atoms with Crippen molar-refractivity contribution in [2.45, 2.75) is 6.10 Å². The SMILES string of the molecule is CN(C)CCN(C)CC(O)COc1ccc(C#N)cc1. The third-order valence-corrected chi connectivity index (χ3v) is 2.88. The van der Waals surface area contributed by atoms with Gasteiger partial charge in [-0.25, -0.2) is 0 Å². The highest BCUT2D eigenvalue weighted by atomic mass is 16.5. The summed E-state index contributed by atoms with van der Waals surface area (Å²) in [4.78, 5) is 4.18. The van der Waals surface area contributed by atoms with Crippen molar-refractivity contribution in [2.75, 3.05) is 47.4 Å². The molecule has 1 N–H and O–H groups in total. The van der Waals surface area contributed by atoms with E-state index in [9.17, 15) is 5.11 Å². The normalized spacial score (nSPS) is 12.4. The topological polar surface area (TPSA) is 59.7 Å². The van der Waals surface area contributed by atoms with Gasteiger partial charge in [0.25, 0.3) is 0 Å². The summed E-state index contributed by atoms with van der Waals surface area (Å²) in [5, 5.41) is 18.6. The monoisotopic (exact) mass is 277 g/mol. The van der Waals surface area contributed by atoms with Crippen LogP contribution in [0.25, 0.3) is 0 Å². The van der Waals surface area contributed by atoms with Gasteiger partial charge in [-0.05, 0) is 45.4 Å². The fraction of sp³-hybridized carbons (Fsp3) is 0.533. The number of aliphatic hydroxyl groups is 1. The molecule has 5 nitrogen and oxygen atoms in total. The van der Waals surface area contributed by atoms with Crippen molar-refractivity contribution in [3.05, 3.63) is 29.8 Å². The Hall–Kier alpha value is -1.61. The van der Waals surface area contributed by atoms with Crippen molar-refractivity contribution in [2.24, 2.45) is 0 Å². The molecule has 0 saturated heterocycles. The van der Waals surface area contributed by atoms with Gasteiger partial charge < -0.3 is 19.6 Å². The molecule has 0 aliphatic rings. The molecule has 0 bridgehead atoms. The fourth-order valence-corrected chi connectivity index (χ4v) is 1.69. The van der Waals surface area contributed by atoms with Gasteiger partial charge in [0.05, 0.1) is 11.6 Å². The van der Waals surface area contributed by atoms with E-state index < -0.39 is 6.10 Å². The van der Waals surface area contributed by atoms with E-state index in [-0.39, 0.29) is 6.61 Å². The molecule has 0 amide bonds. The Morgan fingerprint density at radius 1 is 1.20 bits per heavy atom. The second-order valence-corrected chi connectivity index (χ2v) is 5.17. The average molecular weight is 277 g/mol. The first-order chi connectivity index (χ1) is 9.51. The van der Waals surface area contributed by atoms with E-state index in [2.05, 4.69) is 15.9 Å². The molecule has 0 aliphatic carbocycles. The Kier molecular flexibility index (Phi) is 7.02. The molecule has 1 aromatic carbocycles. The number of ether oxygens (including phenoxy) is 1. The van der Waals surface area contributed by atoms with E-state index in [0.717, 1.165) is 13.1 Å². The Morgan fingerprint density at radius 2 is 1.85 bits per heavy atom. The van der Waals surface area contributed by atoms with Crippen molar-refractivity contribution in [1.29, 1.82) is 5.26 Å². The molecule has 0 radical (unpaired) electrons. The van der Waals surface area contributed by atoms with Crippen LogP contribution in [-0.2, 0) is 0 Å². The summed E-state index contributed by atoms with van der Waals surface area (Å²) in [7, 11) is 6.03. The number of rotatable bonds is 8. The lowest BCUT2D eigenvalue weighted by atomic mass is 10.2. The van der Waals surface area contributed by atoms with Crippen molar-refractivity contribution in [3.8, 4) is 11.8 Å². The molecule has 0 aromatic heterocycles. The van der Waals surface area contributed by atoms with Crippen LogP contribution >= 0.6 is 0 Å². The molecule has 0 fully saturated rings. The summed E-state index contributed by atoms with van der Waals surface area (Å²) >= 11 is 0. The second-order valence-electron chi connectivity index (χ2n) is 5.17. The maximum Gasteiger partial charge on any atom is 0.119 e. The number of hydrogen-bond donors (Lipinski definition) is 1. The quantitative estimate of drug-likeness (QED) is 0.761. The van der Waals surface area contributed by atoms with E-state index in [4.69, 9.17) is 10.00 Å². The van der Waals surface area contributed by atoms with E-state index in [0.29, 0.717) is 17.9 Å². The van der Waals surface area contributed by atoms with Crippen molar-refractivity contribution < 1.29 is 9.84 Å². The molecule has 0 aliphatic heterocycles. The minimum Gasteiger partial charge on any atom is -0.491 e. The lowest BCUT2D eigenvalue weighted by Crippen LogP contribution is -2.36. The van der Waals surface area contributed by atoms with Gasteiger partial charge in [0, 0.05) is 19.6 Å². The van der Waals surface area contributed by atoms with Crippen LogP contribution in [0.3, 0.4) is 0 Å². The zero-order valence-electron chi connectivity index (χ0n) is 12.4. The van der Waals surface area contributed by atoms with E-state index in [1.54, 1.807) is 24.3 Å². The maximum atomic E-state index is 9.91. The molecule has 5 heteroatoms. The highest BCUT2D eigenvalue weighted by molar-refractivity contribution is 5.34. The van der Waals surface area contributed by atoms with Crippen LogP contribution < -0.4 is 4.74 Å². The van der Waals surface area contributed by atoms with Crippen LogP contribution in [0.1, 0.15) is 5.56 Å². The fourth-order valence-electron chi connectivity index (χ4n) is 1.69. The standard InChI is InChI=1S/C15H23N3O2/c1-17(2)8-9-18(3)11-14(19)12-20-15-6-4-13(10-16)5-7-15/h4-7,14,19H,8-9,11-12H2,1-3H3.